The first-order valence-corrected chi connectivity index (χ1v) is 6.83. The van der Waals surface area contributed by atoms with Crippen LogP contribution < -0.4 is 0 Å². The van der Waals surface area contributed by atoms with Gasteiger partial charge in [-0.2, -0.15) is 0 Å². The number of nitrogens with zero attached hydrogens (tertiary/aromatic N) is 3. The Hall–Kier alpha value is -2.15. The minimum Gasteiger partial charge on any atom is -0.461 e. The molecule has 0 aromatic carbocycles. The van der Waals surface area contributed by atoms with E-state index in [1.807, 2.05) is 12.1 Å². The second-order valence-electron chi connectivity index (χ2n) is 4.14. The fourth-order valence-electron chi connectivity index (χ4n) is 1.89. The minimum atomic E-state index is -0.421. The topological polar surface area (TPSA) is 72.3 Å². The van der Waals surface area contributed by atoms with Crippen molar-refractivity contribution in [2.24, 2.45) is 0 Å². The van der Waals surface area contributed by atoms with Crippen molar-refractivity contribution in [2.45, 2.75) is 6.92 Å². The van der Waals surface area contributed by atoms with Crippen LogP contribution >= 0.6 is 15.9 Å². The second kappa shape index (κ2) is 5.09. The molecule has 0 saturated carbocycles. The van der Waals surface area contributed by atoms with Gasteiger partial charge in [-0.3, -0.25) is 10.1 Å². The Kier molecular flexibility index (Phi) is 3.27. The first-order valence-electron chi connectivity index (χ1n) is 6.03. The molecule has 0 saturated heterocycles. The number of carbonyl (C=O) groups is 1. The van der Waals surface area contributed by atoms with Gasteiger partial charge in [0, 0.05) is 28.5 Å². The predicted octanol–water partition coefficient (Wildman–Crippen LogP) is 2.66. The number of rotatable bonds is 3. The van der Waals surface area contributed by atoms with Crippen molar-refractivity contribution < 1.29 is 9.53 Å². The van der Waals surface area contributed by atoms with Crippen molar-refractivity contribution in [1.29, 1.82) is 0 Å². The highest BCUT2D eigenvalue weighted by Crippen LogP contribution is 2.22. The summed E-state index contributed by atoms with van der Waals surface area (Å²) >= 11 is 3.38. The molecule has 0 fully saturated rings. The lowest BCUT2D eigenvalue weighted by Crippen LogP contribution is -2.04. The summed E-state index contributed by atoms with van der Waals surface area (Å²) in [7, 11) is 0. The number of aromatic amines is 1. The lowest BCUT2D eigenvalue weighted by Gasteiger charge is -1.97. The van der Waals surface area contributed by atoms with Crippen molar-refractivity contribution in [3.05, 3.63) is 40.9 Å². The van der Waals surface area contributed by atoms with E-state index in [-0.39, 0.29) is 5.69 Å². The maximum atomic E-state index is 11.6. The number of esters is 1. The van der Waals surface area contributed by atoms with E-state index in [0.717, 1.165) is 15.7 Å². The summed E-state index contributed by atoms with van der Waals surface area (Å²) in [5, 5.41) is 3.14. The fourth-order valence-corrected chi connectivity index (χ4v) is 2.25. The van der Waals surface area contributed by atoms with Crippen LogP contribution in [0.3, 0.4) is 0 Å². The molecule has 3 aromatic rings. The molecule has 0 aliphatic heterocycles. The number of H-pyrrole nitrogens is 1. The molecule has 3 aromatic heterocycles. The largest absolute Gasteiger partial charge is 0.461 e. The summed E-state index contributed by atoms with van der Waals surface area (Å²) in [6.07, 6.45) is 5.08. The Bertz CT molecular complexity index is 746. The van der Waals surface area contributed by atoms with Gasteiger partial charge in [0.05, 0.1) is 18.5 Å². The van der Waals surface area contributed by atoms with Crippen LogP contribution in [0.4, 0.5) is 0 Å². The number of nitrogens with one attached hydrogen (secondary N) is 1. The molecule has 0 amide bonds. The molecule has 7 heteroatoms. The van der Waals surface area contributed by atoms with Gasteiger partial charge in [0.2, 0.25) is 0 Å². The molecule has 6 nitrogen and oxygen atoms in total. The second-order valence-corrected chi connectivity index (χ2v) is 5.05. The van der Waals surface area contributed by atoms with E-state index in [1.54, 1.807) is 30.0 Å². The average Bonchev–Trinajstić information content (AvgIpc) is 2.97. The van der Waals surface area contributed by atoms with Gasteiger partial charge >= 0.3 is 5.97 Å². The molecule has 102 valence electrons. The maximum absolute atomic E-state index is 11.6. The summed E-state index contributed by atoms with van der Waals surface area (Å²) in [5.74, 6) is -0.421. The van der Waals surface area contributed by atoms with Crippen LogP contribution in [0.25, 0.3) is 16.9 Å². The molecule has 0 atom stereocenters. The van der Waals surface area contributed by atoms with Crippen LogP contribution in [-0.2, 0) is 4.74 Å². The first-order chi connectivity index (χ1) is 9.67. The van der Waals surface area contributed by atoms with E-state index < -0.39 is 5.97 Å². The number of ether oxygens (including phenoxy) is 1. The predicted molar refractivity (Wildman–Crippen MR) is 76.4 cm³/mol. The number of halogens is 1. The van der Waals surface area contributed by atoms with Crippen LogP contribution in [0, 0.1) is 0 Å². The molecule has 1 N–H and O–H groups in total. The fraction of sp³-hybridized carbons (Fsp3) is 0.154. The Labute approximate surface area is 122 Å². The lowest BCUT2D eigenvalue weighted by molar-refractivity contribution is 0.0520. The molecule has 0 unspecified atom stereocenters. The number of hydrogen-bond acceptors (Lipinski definition) is 4. The van der Waals surface area contributed by atoms with Crippen molar-refractivity contribution >= 4 is 27.5 Å². The van der Waals surface area contributed by atoms with Crippen molar-refractivity contribution in [1.82, 2.24) is 19.6 Å². The average molecular weight is 335 g/mol. The van der Waals surface area contributed by atoms with E-state index in [2.05, 4.69) is 31.0 Å². The number of pyridine rings is 1. The minimum absolute atomic E-state index is 0.289. The van der Waals surface area contributed by atoms with Gasteiger partial charge in [0.15, 0.2) is 11.3 Å². The third-order valence-electron chi connectivity index (χ3n) is 2.75. The molecular formula is C13H11BrN4O2. The van der Waals surface area contributed by atoms with E-state index in [0.29, 0.717) is 12.3 Å². The van der Waals surface area contributed by atoms with Gasteiger partial charge in [-0.25, -0.2) is 14.3 Å². The summed E-state index contributed by atoms with van der Waals surface area (Å²) in [6, 6.07) is 3.80. The van der Waals surface area contributed by atoms with Crippen LogP contribution in [0.1, 0.15) is 17.4 Å². The summed E-state index contributed by atoms with van der Waals surface area (Å²) in [4.78, 5) is 19.9. The normalized spacial score (nSPS) is 10.9. The van der Waals surface area contributed by atoms with Crippen molar-refractivity contribution in [3.8, 4) is 11.3 Å². The highest BCUT2D eigenvalue weighted by molar-refractivity contribution is 9.10. The molecule has 0 bridgehead atoms. The highest BCUT2D eigenvalue weighted by Gasteiger charge is 2.13. The number of hydrogen-bond donors (Lipinski definition) is 1. The highest BCUT2D eigenvalue weighted by atomic mass is 79.9. The van der Waals surface area contributed by atoms with E-state index >= 15 is 0 Å². The molecule has 0 radical (unpaired) electrons. The number of carbonyl (C=O) groups excluding carboxylic acids is 1. The van der Waals surface area contributed by atoms with E-state index in [1.165, 1.54) is 0 Å². The smallest absolute Gasteiger partial charge is 0.358 e. The SMILES string of the molecule is CCOC(=O)c1cn2[nH]c(-c3cncc(Br)c3)cc2n1. The van der Waals surface area contributed by atoms with Crippen molar-refractivity contribution in [2.75, 3.05) is 6.61 Å². The monoisotopic (exact) mass is 334 g/mol. The van der Waals surface area contributed by atoms with Crippen LogP contribution in [0.15, 0.2) is 35.2 Å². The molecular weight excluding hydrogens is 324 g/mol. The summed E-state index contributed by atoms with van der Waals surface area (Å²) in [5.41, 5.74) is 2.75. The zero-order chi connectivity index (χ0) is 14.1. The van der Waals surface area contributed by atoms with Crippen LogP contribution in [-0.4, -0.2) is 32.2 Å². The zero-order valence-corrected chi connectivity index (χ0v) is 12.2. The standard InChI is InChI=1S/C13H11BrN4O2/c1-2-20-13(19)11-7-18-12(16-11)4-10(17-18)8-3-9(14)6-15-5-8/h3-7,17H,2H2,1H3. The first kappa shape index (κ1) is 12.9. The van der Waals surface area contributed by atoms with Crippen LogP contribution in [0.5, 0.6) is 0 Å². The quantitative estimate of drug-likeness (QED) is 0.747. The molecule has 0 aliphatic rings. The summed E-state index contributed by atoms with van der Waals surface area (Å²) in [6.45, 7) is 2.09. The Balaban J connectivity index is 1.97. The van der Waals surface area contributed by atoms with Crippen LogP contribution in [0.2, 0.25) is 0 Å². The van der Waals surface area contributed by atoms with E-state index in [4.69, 9.17) is 4.74 Å². The third-order valence-corrected chi connectivity index (χ3v) is 3.18. The molecule has 0 aliphatic carbocycles. The Morgan fingerprint density at radius 2 is 2.30 bits per heavy atom. The molecule has 20 heavy (non-hydrogen) atoms. The number of aromatic nitrogens is 4. The molecule has 3 rings (SSSR count). The van der Waals surface area contributed by atoms with Gasteiger partial charge in [0.1, 0.15) is 0 Å². The zero-order valence-electron chi connectivity index (χ0n) is 10.6. The molecule has 3 heterocycles. The van der Waals surface area contributed by atoms with Gasteiger partial charge in [-0.15, -0.1) is 0 Å². The van der Waals surface area contributed by atoms with Gasteiger partial charge in [0.25, 0.3) is 0 Å². The van der Waals surface area contributed by atoms with Gasteiger partial charge in [-0.05, 0) is 28.9 Å². The van der Waals surface area contributed by atoms with E-state index in [9.17, 15) is 4.79 Å². The Morgan fingerprint density at radius 1 is 1.45 bits per heavy atom. The number of imidazole rings is 1. The Morgan fingerprint density at radius 3 is 3.00 bits per heavy atom. The van der Waals surface area contributed by atoms with Crippen molar-refractivity contribution in [3.63, 3.8) is 0 Å². The van der Waals surface area contributed by atoms with Gasteiger partial charge < -0.3 is 4.74 Å². The lowest BCUT2D eigenvalue weighted by atomic mass is 10.2. The maximum Gasteiger partial charge on any atom is 0.358 e. The van der Waals surface area contributed by atoms with Gasteiger partial charge in [-0.1, -0.05) is 0 Å². The molecule has 0 spiro atoms. The third kappa shape index (κ3) is 2.32. The number of fused-ring (bicyclic) bond motifs is 1. The summed E-state index contributed by atoms with van der Waals surface area (Å²) < 4.78 is 7.49.